The summed E-state index contributed by atoms with van der Waals surface area (Å²) < 4.78 is 0. The first kappa shape index (κ1) is 15.6. The Hall–Kier alpha value is -0.850. The normalized spacial score (nSPS) is 11.0. The second kappa shape index (κ2) is 14.7. The topological polar surface area (TPSA) is 17.1 Å². The highest BCUT2D eigenvalue weighted by Gasteiger charge is 1.75. The predicted molar refractivity (Wildman–Crippen MR) is 64.5 cm³/mol. The zero-order valence-corrected chi connectivity index (χ0v) is 10.0. The zero-order valence-electron chi connectivity index (χ0n) is 10.0. The summed E-state index contributed by atoms with van der Waals surface area (Å²) in [7, 11) is 0. The van der Waals surface area contributed by atoms with Crippen LogP contribution in [0.4, 0.5) is 0 Å². The van der Waals surface area contributed by atoms with Crippen molar-refractivity contribution >= 4 is 6.29 Å². The lowest BCUT2D eigenvalue weighted by Gasteiger charge is -1.87. The molecule has 0 rings (SSSR count). The lowest BCUT2D eigenvalue weighted by molar-refractivity contribution is -0.107. The monoisotopic (exact) mass is 196 g/mol. The van der Waals surface area contributed by atoms with Crippen LogP contribution in [0.5, 0.6) is 0 Å². The Balaban J connectivity index is 0. The lowest BCUT2D eigenvalue weighted by atomic mass is 10.2. The van der Waals surface area contributed by atoms with Gasteiger partial charge in [-0.25, -0.2) is 0 Å². The number of rotatable bonds is 5. The number of hydrogen-bond acceptors (Lipinski definition) is 1. The summed E-state index contributed by atoms with van der Waals surface area (Å²) in [6.45, 7) is 8.42. The zero-order chi connectivity index (χ0) is 11.2. The second-order valence-corrected chi connectivity index (χ2v) is 3.12. The average Bonchev–Trinajstić information content (AvgIpc) is 2.17. The highest BCUT2D eigenvalue weighted by atomic mass is 16.1. The molecule has 14 heavy (non-hydrogen) atoms. The Bertz CT molecular complexity index is 166. The maximum Gasteiger partial charge on any atom is 0.119 e. The largest absolute Gasteiger partial charge is 0.303 e. The van der Waals surface area contributed by atoms with Gasteiger partial charge >= 0.3 is 0 Å². The van der Waals surface area contributed by atoms with Crippen LogP contribution in [-0.4, -0.2) is 6.29 Å². The first-order valence-corrected chi connectivity index (χ1v) is 5.49. The van der Waals surface area contributed by atoms with E-state index < -0.39 is 0 Å². The van der Waals surface area contributed by atoms with E-state index in [0.717, 1.165) is 25.5 Å². The molecule has 0 spiro atoms. The molecule has 0 bridgehead atoms. The molecular weight excluding hydrogens is 172 g/mol. The summed E-state index contributed by atoms with van der Waals surface area (Å²) in [4.78, 5) is 9.40. The van der Waals surface area contributed by atoms with Crippen LogP contribution in [0.2, 0.25) is 0 Å². The molecule has 1 nitrogen and oxygen atoms in total. The minimum Gasteiger partial charge on any atom is -0.303 e. The molecule has 0 aromatic heterocycles. The molecule has 0 aliphatic heterocycles. The predicted octanol–water partition coefficient (Wildman–Crippen LogP) is 4.29. The fourth-order valence-corrected chi connectivity index (χ4v) is 0.812. The van der Waals surface area contributed by atoms with Crippen LogP contribution in [0.3, 0.4) is 0 Å². The molecule has 0 saturated carbocycles. The Kier molecular flexibility index (Phi) is 16.4. The minimum atomic E-state index is 0.708. The second-order valence-electron chi connectivity index (χ2n) is 3.12. The molecule has 0 saturated heterocycles. The fraction of sp³-hybridized carbons (Fsp3) is 0.615. The van der Waals surface area contributed by atoms with Crippen molar-refractivity contribution in [1.82, 2.24) is 0 Å². The Morgan fingerprint density at radius 1 is 1.14 bits per heavy atom. The third-order valence-corrected chi connectivity index (χ3v) is 1.55. The summed E-state index contributed by atoms with van der Waals surface area (Å²) in [6, 6.07) is 0. The van der Waals surface area contributed by atoms with Crippen molar-refractivity contribution in [2.75, 3.05) is 0 Å². The molecule has 0 atom stereocenters. The molecule has 0 fully saturated rings. The molecule has 0 amide bonds. The van der Waals surface area contributed by atoms with E-state index in [-0.39, 0.29) is 0 Å². The Labute approximate surface area is 88.9 Å². The number of aldehydes is 1. The van der Waals surface area contributed by atoms with Crippen molar-refractivity contribution in [3.63, 3.8) is 0 Å². The van der Waals surface area contributed by atoms with Gasteiger partial charge < -0.3 is 4.79 Å². The average molecular weight is 196 g/mol. The van der Waals surface area contributed by atoms with Crippen LogP contribution in [0.15, 0.2) is 23.8 Å². The number of carbonyl (C=O) groups is 1. The van der Waals surface area contributed by atoms with Gasteiger partial charge in [0, 0.05) is 6.42 Å². The maximum absolute atomic E-state index is 9.40. The Morgan fingerprint density at radius 2 is 1.79 bits per heavy atom. The van der Waals surface area contributed by atoms with Crippen molar-refractivity contribution < 1.29 is 4.79 Å². The van der Waals surface area contributed by atoms with E-state index in [9.17, 15) is 4.79 Å². The van der Waals surface area contributed by atoms with Gasteiger partial charge in [0.1, 0.15) is 6.29 Å². The van der Waals surface area contributed by atoms with Gasteiger partial charge in [-0.15, -0.1) is 0 Å². The highest BCUT2D eigenvalue weighted by Crippen LogP contribution is 1.97. The summed E-state index contributed by atoms with van der Waals surface area (Å²) >= 11 is 0. The van der Waals surface area contributed by atoms with Gasteiger partial charge in [0.2, 0.25) is 0 Å². The quantitative estimate of drug-likeness (QED) is 0.473. The third kappa shape index (κ3) is 17.3. The van der Waals surface area contributed by atoms with E-state index in [0.29, 0.717) is 6.42 Å². The molecule has 0 aliphatic carbocycles. The van der Waals surface area contributed by atoms with E-state index >= 15 is 0 Å². The first-order valence-electron chi connectivity index (χ1n) is 5.49. The summed E-state index contributed by atoms with van der Waals surface area (Å²) in [5, 5.41) is 0. The van der Waals surface area contributed by atoms with Gasteiger partial charge in [0.25, 0.3) is 0 Å². The molecular formula is C13H24O. The molecule has 0 heterocycles. The molecule has 0 unspecified atom stereocenters. The number of unbranched alkanes of at least 4 members (excludes halogenated alkanes) is 1. The fourth-order valence-electron chi connectivity index (χ4n) is 0.812. The van der Waals surface area contributed by atoms with Gasteiger partial charge in [-0.05, 0) is 26.2 Å². The minimum absolute atomic E-state index is 0.708. The van der Waals surface area contributed by atoms with Gasteiger partial charge in [-0.1, -0.05) is 44.6 Å². The van der Waals surface area contributed by atoms with Gasteiger partial charge in [-0.3, -0.25) is 0 Å². The van der Waals surface area contributed by atoms with E-state index in [4.69, 9.17) is 0 Å². The standard InChI is InChI=1S/C9H16.C4H8O/c1-4-6-8-9(3)7-5-2;1-2-3-4-5/h6-8H,4-5H2,1-3H3;4H,2-3H2,1H3/b8-6-,9-7-;. The number of allylic oxidation sites excluding steroid dienone is 4. The molecule has 82 valence electrons. The molecule has 0 radical (unpaired) electrons. The smallest absolute Gasteiger partial charge is 0.119 e. The van der Waals surface area contributed by atoms with E-state index in [1.807, 2.05) is 6.92 Å². The Morgan fingerprint density at radius 3 is 2.07 bits per heavy atom. The van der Waals surface area contributed by atoms with Crippen molar-refractivity contribution in [1.29, 1.82) is 0 Å². The van der Waals surface area contributed by atoms with E-state index in [1.54, 1.807) is 0 Å². The van der Waals surface area contributed by atoms with E-state index in [1.165, 1.54) is 5.57 Å². The van der Waals surface area contributed by atoms with Crippen molar-refractivity contribution in [3.8, 4) is 0 Å². The summed E-state index contributed by atoms with van der Waals surface area (Å²) in [5.74, 6) is 0. The van der Waals surface area contributed by atoms with Gasteiger partial charge in [-0.2, -0.15) is 0 Å². The first-order chi connectivity index (χ1) is 6.72. The molecule has 0 aliphatic rings. The van der Waals surface area contributed by atoms with Crippen LogP contribution in [0.1, 0.15) is 53.4 Å². The molecule has 0 aromatic rings. The van der Waals surface area contributed by atoms with Crippen LogP contribution in [0.25, 0.3) is 0 Å². The molecule has 0 aromatic carbocycles. The van der Waals surface area contributed by atoms with Gasteiger partial charge in [0.05, 0.1) is 0 Å². The summed E-state index contributed by atoms with van der Waals surface area (Å²) in [6.07, 6.45) is 11.5. The van der Waals surface area contributed by atoms with Crippen LogP contribution < -0.4 is 0 Å². The lowest BCUT2D eigenvalue weighted by Crippen LogP contribution is -1.66. The molecule has 0 N–H and O–H groups in total. The summed E-state index contributed by atoms with van der Waals surface area (Å²) in [5.41, 5.74) is 1.37. The highest BCUT2D eigenvalue weighted by molar-refractivity contribution is 5.48. The van der Waals surface area contributed by atoms with Crippen LogP contribution in [0, 0.1) is 0 Å². The van der Waals surface area contributed by atoms with Crippen molar-refractivity contribution in [3.05, 3.63) is 23.8 Å². The maximum atomic E-state index is 9.40. The number of hydrogen-bond donors (Lipinski definition) is 0. The van der Waals surface area contributed by atoms with Crippen molar-refractivity contribution in [2.24, 2.45) is 0 Å². The third-order valence-electron chi connectivity index (χ3n) is 1.55. The molecule has 1 heteroatoms. The van der Waals surface area contributed by atoms with E-state index in [2.05, 4.69) is 39.0 Å². The van der Waals surface area contributed by atoms with Crippen LogP contribution in [-0.2, 0) is 4.79 Å². The SMILES string of the molecule is CC/C=C\C(C)=C/CC.CCCC=O. The van der Waals surface area contributed by atoms with Gasteiger partial charge in [0.15, 0.2) is 0 Å². The van der Waals surface area contributed by atoms with Crippen LogP contribution >= 0.6 is 0 Å². The number of carbonyl (C=O) groups excluding carboxylic acids is 1. The van der Waals surface area contributed by atoms with Crippen molar-refractivity contribution in [2.45, 2.75) is 53.4 Å².